The van der Waals surface area contributed by atoms with Crippen LogP contribution in [0.5, 0.6) is 0 Å². The molecule has 1 aliphatic carbocycles. The minimum absolute atomic E-state index is 0.0445. The van der Waals surface area contributed by atoms with E-state index >= 15 is 0 Å². The molecule has 1 aliphatic rings. The average Bonchev–Trinajstić information content (AvgIpc) is 2.96. The van der Waals surface area contributed by atoms with Gasteiger partial charge in [-0.25, -0.2) is 4.98 Å². The fourth-order valence-electron chi connectivity index (χ4n) is 3.20. The summed E-state index contributed by atoms with van der Waals surface area (Å²) in [6.07, 6.45) is 0.192. The lowest BCUT2D eigenvalue weighted by atomic mass is 10.1. The summed E-state index contributed by atoms with van der Waals surface area (Å²) in [5.41, 5.74) is 7.56. The summed E-state index contributed by atoms with van der Waals surface area (Å²) in [5.74, 6) is 5.77. The van der Waals surface area contributed by atoms with Gasteiger partial charge >= 0.3 is 0 Å². The normalized spacial score (nSPS) is 23.5. The van der Waals surface area contributed by atoms with Crippen molar-refractivity contribution in [2.45, 2.75) is 36.6 Å². The number of nitrogens with one attached hydrogen (secondary N) is 1. The third-order valence-electron chi connectivity index (χ3n) is 4.83. The summed E-state index contributed by atoms with van der Waals surface area (Å²) in [7, 11) is 0. The number of hydrogen-bond donors (Lipinski definition) is 5. The van der Waals surface area contributed by atoms with Crippen LogP contribution in [0.25, 0.3) is 0 Å². The van der Waals surface area contributed by atoms with E-state index in [0.29, 0.717) is 12.0 Å². The fourth-order valence-corrected chi connectivity index (χ4v) is 3.86. The standard InChI is InChI=1S/C19H22ClN5O3S/c1-9-10(4-6-14(22-9)29-2)3-5-12-17(20)24-19(21)25-18(12)23-13-7-11(8-26)15(27)16(13)28/h4,6,11,13,15-16,26-28H,7-8H2,1-2H3,(H3,21,23,24,25)/t11-,13-,15-,16+/m1/s1. The zero-order valence-corrected chi connectivity index (χ0v) is 17.5. The van der Waals surface area contributed by atoms with Crippen molar-refractivity contribution in [1.82, 2.24) is 15.0 Å². The Labute approximate surface area is 177 Å². The molecule has 10 heteroatoms. The summed E-state index contributed by atoms with van der Waals surface area (Å²) in [6, 6.07) is 3.22. The molecule has 0 aromatic carbocycles. The highest BCUT2D eigenvalue weighted by molar-refractivity contribution is 7.98. The second-order valence-corrected chi connectivity index (χ2v) is 7.93. The van der Waals surface area contributed by atoms with Crippen molar-refractivity contribution in [3.05, 3.63) is 34.1 Å². The quantitative estimate of drug-likeness (QED) is 0.271. The summed E-state index contributed by atoms with van der Waals surface area (Å²) in [5, 5.41) is 33.7. The Kier molecular flexibility index (Phi) is 6.82. The van der Waals surface area contributed by atoms with Crippen LogP contribution in [-0.2, 0) is 0 Å². The molecule has 0 bridgehead atoms. The van der Waals surface area contributed by atoms with E-state index < -0.39 is 24.2 Å². The largest absolute Gasteiger partial charge is 0.396 e. The van der Waals surface area contributed by atoms with E-state index in [0.717, 1.165) is 16.3 Å². The maximum Gasteiger partial charge on any atom is 0.223 e. The van der Waals surface area contributed by atoms with Crippen LogP contribution in [0.4, 0.5) is 11.8 Å². The van der Waals surface area contributed by atoms with Gasteiger partial charge < -0.3 is 26.4 Å². The Balaban J connectivity index is 1.93. The highest BCUT2D eigenvalue weighted by Gasteiger charge is 2.41. The molecule has 0 aliphatic heterocycles. The first-order chi connectivity index (χ1) is 13.8. The van der Waals surface area contributed by atoms with Crippen LogP contribution in [0, 0.1) is 24.7 Å². The van der Waals surface area contributed by atoms with Crippen molar-refractivity contribution in [3.8, 4) is 11.8 Å². The van der Waals surface area contributed by atoms with Crippen LogP contribution >= 0.6 is 23.4 Å². The number of nitrogens with two attached hydrogens (primary N) is 1. The number of thioether (sulfide) groups is 1. The number of aromatic nitrogens is 3. The van der Waals surface area contributed by atoms with Crippen molar-refractivity contribution in [1.29, 1.82) is 0 Å². The predicted molar refractivity (Wildman–Crippen MR) is 113 cm³/mol. The van der Waals surface area contributed by atoms with E-state index in [1.54, 1.807) is 11.8 Å². The number of pyridine rings is 1. The van der Waals surface area contributed by atoms with Gasteiger partial charge in [0.15, 0.2) is 5.15 Å². The van der Waals surface area contributed by atoms with Gasteiger partial charge in [0.1, 0.15) is 17.5 Å². The Hall–Kier alpha value is -2.09. The van der Waals surface area contributed by atoms with E-state index in [1.807, 2.05) is 25.3 Å². The first-order valence-corrected chi connectivity index (χ1v) is 10.5. The maximum atomic E-state index is 10.3. The van der Waals surface area contributed by atoms with Gasteiger partial charge in [-0.1, -0.05) is 23.4 Å². The second kappa shape index (κ2) is 9.15. The minimum Gasteiger partial charge on any atom is -0.396 e. The minimum atomic E-state index is -1.08. The molecule has 29 heavy (non-hydrogen) atoms. The van der Waals surface area contributed by atoms with Crippen LogP contribution in [0.1, 0.15) is 23.2 Å². The van der Waals surface area contributed by atoms with E-state index in [2.05, 4.69) is 32.1 Å². The Morgan fingerprint density at radius 3 is 2.62 bits per heavy atom. The van der Waals surface area contributed by atoms with Crippen LogP contribution < -0.4 is 11.1 Å². The lowest BCUT2D eigenvalue weighted by Gasteiger charge is -2.19. The topological polar surface area (TPSA) is 137 Å². The van der Waals surface area contributed by atoms with Gasteiger partial charge in [0.2, 0.25) is 5.95 Å². The Bertz CT molecular complexity index is 965. The van der Waals surface area contributed by atoms with Crippen molar-refractivity contribution >= 4 is 35.1 Å². The fraction of sp³-hybridized carbons (Fsp3) is 0.421. The van der Waals surface area contributed by atoms with Gasteiger partial charge in [0, 0.05) is 18.1 Å². The number of aryl methyl sites for hydroxylation is 1. The molecule has 2 aromatic heterocycles. The number of aliphatic hydroxyl groups excluding tert-OH is 3. The first kappa shape index (κ1) is 21.6. The van der Waals surface area contributed by atoms with E-state index in [9.17, 15) is 15.3 Å². The van der Waals surface area contributed by atoms with Crippen LogP contribution in [0.2, 0.25) is 5.15 Å². The smallest absolute Gasteiger partial charge is 0.223 e. The molecule has 3 rings (SSSR count). The molecule has 0 spiro atoms. The number of aliphatic hydroxyl groups is 3. The van der Waals surface area contributed by atoms with Crippen LogP contribution in [-0.4, -0.2) is 61.4 Å². The van der Waals surface area contributed by atoms with Gasteiger partial charge in [-0.15, -0.1) is 11.8 Å². The number of rotatable bonds is 4. The molecule has 0 amide bonds. The first-order valence-electron chi connectivity index (χ1n) is 8.94. The van der Waals surface area contributed by atoms with Gasteiger partial charge in [0.25, 0.3) is 0 Å². The molecule has 0 radical (unpaired) electrons. The molecule has 1 fully saturated rings. The molecule has 1 saturated carbocycles. The van der Waals surface area contributed by atoms with Crippen LogP contribution in [0.15, 0.2) is 17.2 Å². The maximum absolute atomic E-state index is 10.3. The molecule has 2 aromatic rings. The van der Waals surface area contributed by atoms with Gasteiger partial charge in [-0.3, -0.25) is 0 Å². The van der Waals surface area contributed by atoms with Crippen LogP contribution in [0.3, 0.4) is 0 Å². The lowest BCUT2D eigenvalue weighted by Crippen LogP contribution is -2.35. The number of halogens is 1. The van der Waals surface area contributed by atoms with Crippen molar-refractivity contribution < 1.29 is 15.3 Å². The van der Waals surface area contributed by atoms with Gasteiger partial charge in [-0.2, -0.15) is 9.97 Å². The molecule has 2 heterocycles. The molecule has 8 nitrogen and oxygen atoms in total. The number of hydrogen-bond acceptors (Lipinski definition) is 9. The molecule has 154 valence electrons. The van der Waals surface area contributed by atoms with E-state index in [-0.39, 0.29) is 23.5 Å². The zero-order valence-electron chi connectivity index (χ0n) is 15.9. The Morgan fingerprint density at radius 1 is 1.24 bits per heavy atom. The SMILES string of the molecule is CSc1ccc(C#Cc2c(Cl)nc(N)nc2N[C@@H]2C[C@H](CO)[C@@H](O)[C@H]2O)c(C)n1. The molecular formula is C19H22ClN5O3S. The molecule has 0 unspecified atom stereocenters. The Morgan fingerprint density at radius 2 is 2.00 bits per heavy atom. The molecule has 6 N–H and O–H groups in total. The second-order valence-electron chi connectivity index (χ2n) is 6.74. The zero-order chi connectivity index (χ0) is 21.1. The number of nitrogens with zero attached hydrogens (tertiary/aromatic N) is 3. The van der Waals surface area contributed by atoms with Crippen molar-refractivity contribution in [2.24, 2.45) is 5.92 Å². The summed E-state index contributed by atoms with van der Waals surface area (Å²) in [6.45, 7) is 1.64. The van der Waals surface area contributed by atoms with Crippen molar-refractivity contribution in [3.63, 3.8) is 0 Å². The average molecular weight is 436 g/mol. The molecule has 4 atom stereocenters. The summed E-state index contributed by atoms with van der Waals surface area (Å²) >= 11 is 7.80. The third-order valence-corrected chi connectivity index (χ3v) is 5.75. The highest BCUT2D eigenvalue weighted by atomic mass is 35.5. The number of anilines is 2. The lowest BCUT2D eigenvalue weighted by molar-refractivity contribution is 0.00445. The van der Waals surface area contributed by atoms with Crippen molar-refractivity contribution in [2.75, 3.05) is 23.9 Å². The van der Waals surface area contributed by atoms with Gasteiger partial charge in [0.05, 0.1) is 22.9 Å². The highest BCUT2D eigenvalue weighted by Crippen LogP contribution is 2.30. The van der Waals surface area contributed by atoms with E-state index in [1.165, 1.54) is 0 Å². The third kappa shape index (κ3) is 4.74. The number of nitrogen functional groups attached to an aromatic ring is 1. The molecule has 0 saturated heterocycles. The van der Waals surface area contributed by atoms with E-state index in [4.69, 9.17) is 17.3 Å². The summed E-state index contributed by atoms with van der Waals surface area (Å²) in [4.78, 5) is 12.6. The molecular weight excluding hydrogens is 414 g/mol. The van der Waals surface area contributed by atoms with Gasteiger partial charge in [-0.05, 0) is 31.7 Å². The predicted octanol–water partition coefficient (Wildman–Crippen LogP) is 1.05. The summed E-state index contributed by atoms with van der Waals surface area (Å²) < 4.78 is 0. The monoisotopic (exact) mass is 435 g/mol.